The summed E-state index contributed by atoms with van der Waals surface area (Å²) >= 11 is 0. The van der Waals surface area contributed by atoms with E-state index >= 15 is 0 Å². The maximum Gasteiger partial charge on any atom is 0.0464 e. The van der Waals surface area contributed by atoms with Crippen molar-refractivity contribution < 1.29 is 0 Å². The Bertz CT molecular complexity index is 745. The van der Waals surface area contributed by atoms with Gasteiger partial charge in [-0.1, -0.05) is 54.1 Å². The van der Waals surface area contributed by atoms with E-state index in [1.54, 1.807) is 0 Å². The summed E-state index contributed by atoms with van der Waals surface area (Å²) in [5.41, 5.74) is 7.33. The van der Waals surface area contributed by atoms with Gasteiger partial charge in [0.25, 0.3) is 0 Å². The highest BCUT2D eigenvalue weighted by Crippen LogP contribution is 2.33. The second kappa shape index (κ2) is 5.84. The normalized spacial score (nSPS) is 10.4. The summed E-state index contributed by atoms with van der Waals surface area (Å²) in [6.07, 6.45) is 0. The maximum absolute atomic E-state index is 3.53. The zero-order valence-corrected chi connectivity index (χ0v) is 12.4. The molecular weight excluding hydrogens is 254 g/mol. The van der Waals surface area contributed by atoms with E-state index in [2.05, 4.69) is 73.8 Å². The van der Waals surface area contributed by atoms with Crippen molar-refractivity contribution in [1.82, 2.24) is 0 Å². The van der Waals surface area contributed by atoms with Crippen molar-refractivity contribution in [2.45, 2.75) is 13.8 Å². The summed E-state index contributed by atoms with van der Waals surface area (Å²) in [4.78, 5) is 0. The Balaban J connectivity index is 2.08. The molecule has 1 heteroatoms. The average molecular weight is 273 g/mol. The Hall–Kier alpha value is -2.54. The minimum absolute atomic E-state index is 1.11. The van der Waals surface area contributed by atoms with E-state index in [0.29, 0.717) is 0 Å². The van der Waals surface area contributed by atoms with Crippen LogP contribution in [0.4, 0.5) is 11.4 Å². The fraction of sp³-hybridized carbons (Fsp3) is 0.100. The number of rotatable bonds is 3. The van der Waals surface area contributed by atoms with Crippen LogP contribution in [0.3, 0.4) is 0 Å². The fourth-order valence-electron chi connectivity index (χ4n) is 2.54. The number of nitrogens with one attached hydrogen (secondary N) is 1. The van der Waals surface area contributed by atoms with Crippen molar-refractivity contribution in [1.29, 1.82) is 0 Å². The predicted molar refractivity (Wildman–Crippen MR) is 91.1 cm³/mol. The van der Waals surface area contributed by atoms with Gasteiger partial charge in [0, 0.05) is 16.9 Å². The first-order chi connectivity index (χ1) is 10.2. The lowest BCUT2D eigenvalue weighted by Gasteiger charge is -2.15. The molecule has 0 radical (unpaired) electrons. The number of hydrogen-bond acceptors (Lipinski definition) is 1. The number of hydrogen-bond donors (Lipinski definition) is 1. The highest BCUT2D eigenvalue weighted by Gasteiger charge is 2.08. The van der Waals surface area contributed by atoms with Crippen LogP contribution < -0.4 is 5.32 Å². The van der Waals surface area contributed by atoms with E-state index < -0.39 is 0 Å². The Morgan fingerprint density at radius 3 is 2.14 bits per heavy atom. The largest absolute Gasteiger partial charge is 0.355 e. The Labute approximate surface area is 126 Å². The second-order valence-electron chi connectivity index (χ2n) is 5.35. The minimum Gasteiger partial charge on any atom is -0.355 e. The molecule has 3 aromatic rings. The van der Waals surface area contributed by atoms with Crippen molar-refractivity contribution in [3.05, 3.63) is 83.9 Å². The summed E-state index contributed by atoms with van der Waals surface area (Å²) in [6.45, 7) is 4.29. The summed E-state index contributed by atoms with van der Waals surface area (Å²) in [5, 5.41) is 3.53. The smallest absolute Gasteiger partial charge is 0.0464 e. The second-order valence-corrected chi connectivity index (χ2v) is 5.35. The first kappa shape index (κ1) is 13.4. The van der Waals surface area contributed by atoms with E-state index in [1.807, 2.05) is 18.2 Å². The lowest BCUT2D eigenvalue weighted by Crippen LogP contribution is -1.95. The third kappa shape index (κ3) is 2.97. The van der Waals surface area contributed by atoms with E-state index in [0.717, 1.165) is 11.4 Å². The molecule has 0 unspecified atom stereocenters. The standard InChI is InChI=1S/C20H19N/c1-15-12-13-20(21-17-9-4-3-5-10-17)19(14-15)18-11-7-6-8-16(18)2/h3-14,21H,1-2H3. The highest BCUT2D eigenvalue weighted by atomic mass is 14.9. The van der Waals surface area contributed by atoms with Crippen LogP contribution in [0.25, 0.3) is 11.1 Å². The quantitative estimate of drug-likeness (QED) is 0.644. The van der Waals surface area contributed by atoms with Crippen LogP contribution in [0.1, 0.15) is 11.1 Å². The van der Waals surface area contributed by atoms with Gasteiger partial charge in [0.1, 0.15) is 0 Å². The molecule has 0 aliphatic heterocycles. The Morgan fingerprint density at radius 1 is 0.667 bits per heavy atom. The number of para-hydroxylation sites is 1. The van der Waals surface area contributed by atoms with Gasteiger partial charge in [-0.05, 0) is 49.2 Å². The van der Waals surface area contributed by atoms with Gasteiger partial charge in [0.2, 0.25) is 0 Å². The lowest BCUT2D eigenvalue weighted by molar-refractivity contribution is 1.41. The van der Waals surface area contributed by atoms with E-state index in [-0.39, 0.29) is 0 Å². The molecule has 0 aliphatic carbocycles. The van der Waals surface area contributed by atoms with Crippen molar-refractivity contribution in [3.63, 3.8) is 0 Å². The van der Waals surface area contributed by atoms with Gasteiger partial charge in [0.15, 0.2) is 0 Å². The fourth-order valence-corrected chi connectivity index (χ4v) is 2.54. The molecule has 0 spiro atoms. The Morgan fingerprint density at radius 2 is 1.38 bits per heavy atom. The number of anilines is 2. The number of aryl methyl sites for hydroxylation is 2. The first-order valence-corrected chi connectivity index (χ1v) is 7.23. The van der Waals surface area contributed by atoms with Gasteiger partial charge in [-0.2, -0.15) is 0 Å². The van der Waals surface area contributed by atoms with Gasteiger partial charge in [0.05, 0.1) is 0 Å². The monoisotopic (exact) mass is 273 g/mol. The van der Waals surface area contributed by atoms with Crippen LogP contribution in [0.5, 0.6) is 0 Å². The van der Waals surface area contributed by atoms with Crippen molar-refractivity contribution in [2.24, 2.45) is 0 Å². The topological polar surface area (TPSA) is 12.0 Å². The molecule has 1 nitrogen and oxygen atoms in total. The van der Waals surface area contributed by atoms with Crippen molar-refractivity contribution in [2.75, 3.05) is 5.32 Å². The van der Waals surface area contributed by atoms with Gasteiger partial charge < -0.3 is 5.32 Å². The third-order valence-electron chi connectivity index (χ3n) is 3.66. The molecule has 3 aromatic carbocycles. The van der Waals surface area contributed by atoms with Gasteiger partial charge >= 0.3 is 0 Å². The van der Waals surface area contributed by atoms with Crippen LogP contribution >= 0.6 is 0 Å². The third-order valence-corrected chi connectivity index (χ3v) is 3.66. The highest BCUT2D eigenvalue weighted by molar-refractivity contribution is 5.83. The summed E-state index contributed by atoms with van der Waals surface area (Å²) in [6, 6.07) is 25.4. The lowest BCUT2D eigenvalue weighted by atomic mass is 9.97. The molecule has 0 fully saturated rings. The summed E-state index contributed by atoms with van der Waals surface area (Å²) in [5.74, 6) is 0. The molecule has 0 saturated carbocycles. The van der Waals surface area contributed by atoms with E-state index in [9.17, 15) is 0 Å². The average Bonchev–Trinajstić information content (AvgIpc) is 2.51. The minimum atomic E-state index is 1.11. The molecule has 0 heterocycles. The molecule has 0 atom stereocenters. The molecule has 1 N–H and O–H groups in total. The van der Waals surface area contributed by atoms with Crippen LogP contribution in [0.2, 0.25) is 0 Å². The zero-order chi connectivity index (χ0) is 14.7. The molecule has 0 aliphatic rings. The molecule has 21 heavy (non-hydrogen) atoms. The molecule has 0 bridgehead atoms. The van der Waals surface area contributed by atoms with Crippen molar-refractivity contribution in [3.8, 4) is 11.1 Å². The molecule has 0 saturated heterocycles. The molecule has 0 amide bonds. The van der Waals surface area contributed by atoms with Gasteiger partial charge in [-0.15, -0.1) is 0 Å². The molecule has 0 aromatic heterocycles. The molecule has 104 valence electrons. The summed E-state index contributed by atoms with van der Waals surface area (Å²) < 4.78 is 0. The van der Waals surface area contributed by atoms with Gasteiger partial charge in [-0.3, -0.25) is 0 Å². The van der Waals surface area contributed by atoms with E-state index in [1.165, 1.54) is 22.3 Å². The van der Waals surface area contributed by atoms with Crippen LogP contribution in [-0.4, -0.2) is 0 Å². The first-order valence-electron chi connectivity index (χ1n) is 7.23. The van der Waals surface area contributed by atoms with Gasteiger partial charge in [-0.25, -0.2) is 0 Å². The zero-order valence-electron chi connectivity index (χ0n) is 12.4. The SMILES string of the molecule is Cc1ccc(Nc2ccccc2)c(-c2ccccc2C)c1. The van der Waals surface area contributed by atoms with Crippen LogP contribution in [0.15, 0.2) is 72.8 Å². The molecular formula is C20H19N. The maximum atomic E-state index is 3.53. The number of benzene rings is 3. The Kier molecular flexibility index (Phi) is 3.74. The van der Waals surface area contributed by atoms with E-state index in [4.69, 9.17) is 0 Å². The van der Waals surface area contributed by atoms with Crippen LogP contribution in [-0.2, 0) is 0 Å². The molecule has 3 rings (SSSR count). The predicted octanol–water partition coefficient (Wildman–Crippen LogP) is 5.71. The van der Waals surface area contributed by atoms with Crippen LogP contribution in [0, 0.1) is 13.8 Å². The van der Waals surface area contributed by atoms with Crippen molar-refractivity contribution >= 4 is 11.4 Å². The summed E-state index contributed by atoms with van der Waals surface area (Å²) in [7, 11) is 0.